The summed E-state index contributed by atoms with van der Waals surface area (Å²) in [5.74, 6) is 0.641. The van der Waals surface area contributed by atoms with Gasteiger partial charge in [0.15, 0.2) is 17.7 Å². The minimum atomic E-state index is -0.489. The van der Waals surface area contributed by atoms with Gasteiger partial charge in [-0.25, -0.2) is 15.0 Å². The quantitative estimate of drug-likeness (QED) is 0.691. The fourth-order valence-corrected chi connectivity index (χ4v) is 3.78. The molecule has 132 valence electrons. The number of nitrogens with zero attached hydrogens (tertiary/aromatic N) is 4. The van der Waals surface area contributed by atoms with Gasteiger partial charge in [-0.05, 0) is 6.92 Å². The second-order valence-electron chi connectivity index (χ2n) is 5.16. The number of aliphatic hydroxyl groups is 1. The Morgan fingerprint density at radius 3 is 2.92 bits per heavy atom. The zero-order valence-corrected chi connectivity index (χ0v) is 15.6. The molecule has 1 aliphatic rings. The van der Waals surface area contributed by atoms with Crippen molar-refractivity contribution in [2.75, 3.05) is 25.6 Å². The van der Waals surface area contributed by atoms with Crippen LogP contribution in [0, 0.1) is 0 Å². The highest BCUT2D eigenvalue weighted by Crippen LogP contribution is 2.40. The molecule has 0 bridgehead atoms. The lowest BCUT2D eigenvalue weighted by Crippen LogP contribution is -2.36. The van der Waals surface area contributed by atoms with E-state index in [2.05, 4.69) is 29.2 Å². The molecule has 3 unspecified atom stereocenters. The smallest absolute Gasteiger partial charge is 0.167 e. The Morgan fingerprint density at radius 1 is 1.42 bits per heavy atom. The number of hydrogen-bond donors (Lipinski definition) is 2. The standard InChI is InChI=1S/C13H21N5O4P2/c1-3-20-9-7(4-19)21-13(10(9)22-24-23)18-6-17-8-11(14-2)15-5-16-12(8)18/h5-7,9-10,13,19,24H,3-4,23H2,1-2H3,(H,14,15,16)/t7-,9+,10?,13-/m1/s1. The van der Waals surface area contributed by atoms with Gasteiger partial charge in [-0.15, -0.1) is 0 Å². The number of imidazole rings is 1. The van der Waals surface area contributed by atoms with Crippen molar-refractivity contribution in [2.45, 2.75) is 31.5 Å². The molecule has 0 radical (unpaired) electrons. The van der Waals surface area contributed by atoms with E-state index in [1.807, 2.05) is 6.92 Å². The molecule has 2 aromatic heterocycles. The number of aliphatic hydroxyl groups excluding tert-OH is 1. The third-order valence-corrected chi connectivity index (χ3v) is 4.71. The fourth-order valence-electron chi connectivity index (χ4n) is 2.90. The molecule has 11 heteroatoms. The van der Waals surface area contributed by atoms with Gasteiger partial charge < -0.3 is 24.4 Å². The zero-order chi connectivity index (χ0) is 17.1. The first-order valence-electron chi connectivity index (χ1n) is 7.59. The average Bonchev–Trinajstić information content (AvgIpc) is 3.17. The number of nitrogens with one attached hydrogen (secondary N) is 1. The SMILES string of the molecule is CCO[C@@H]1C(OPP)[C@H](n2cnc3c(NC)ncnc32)O[C@@H]1CO. The molecule has 24 heavy (non-hydrogen) atoms. The first-order chi connectivity index (χ1) is 11.7. The van der Waals surface area contributed by atoms with E-state index >= 15 is 0 Å². The van der Waals surface area contributed by atoms with Gasteiger partial charge in [-0.2, -0.15) is 0 Å². The maximum Gasteiger partial charge on any atom is 0.167 e. The lowest BCUT2D eigenvalue weighted by atomic mass is 10.1. The molecule has 3 heterocycles. The lowest BCUT2D eigenvalue weighted by Gasteiger charge is -2.23. The first-order valence-corrected chi connectivity index (χ1v) is 10.3. The summed E-state index contributed by atoms with van der Waals surface area (Å²) in [6.07, 6.45) is 1.43. The van der Waals surface area contributed by atoms with Crippen molar-refractivity contribution in [2.24, 2.45) is 0 Å². The van der Waals surface area contributed by atoms with Crippen molar-refractivity contribution in [3.8, 4) is 0 Å². The van der Waals surface area contributed by atoms with E-state index in [0.717, 1.165) is 0 Å². The molecule has 3 rings (SSSR count). The van der Waals surface area contributed by atoms with Crippen LogP contribution in [0.15, 0.2) is 12.7 Å². The van der Waals surface area contributed by atoms with E-state index in [4.69, 9.17) is 14.0 Å². The number of anilines is 1. The van der Waals surface area contributed by atoms with Crippen molar-refractivity contribution in [1.29, 1.82) is 0 Å². The van der Waals surface area contributed by atoms with Crippen molar-refractivity contribution in [1.82, 2.24) is 19.5 Å². The first kappa shape index (κ1) is 17.9. The average molecular weight is 373 g/mol. The Balaban J connectivity index is 2.00. The molecule has 6 atom stereocenters. The van der Waals surface area contributed by atoms with E-state index in [-0.39, 0.29) is 27.3 Å². The predicted octanol–water partition coefficient (Wildman–Crippen LogP) is 0.932. The van der Waals surface area contributed by atoms with Crippen molar-refractivity contribution in [3.63, 3.8) is 0 Å². The second-order valence-corrected chi connectivity index (χ2v) is 6.34. The van der Waals surface area contributed by atoms with Gasteiger partial charge >= 0.3 is 0 Å². The normalized spacial score (nSPS) is 27.5. The van der Waals surface area contributed by atoms with E-state index < -0.39 is 12.3 Å². The monoisotopic (exact) mass is 373 g/mol. The van der Waals surface area contributed by atoms with Crippen LogP contribution in [0.5, 0.6) is 0 Å². The molecule has 2 N–H and O–H groups in total. The predicted molar refractivity (Wildman–Crippen MR) is 94.2 cm³/mol. The minimum Gasteiger partial charge on any atom is -0.394 e. The minimum absolute atomic E-state index is 0.148. The van der Waals surface area contributed by atoms with Gasteiger partial charge in [-0.3, -0.25) is 4.57 Å². The Labute approximate surface area is 143 Å². The van der Waals surface area contributed by atoms with Crippen LogP contribution in [-0.4, -0.2) is 63.2 Å². The number of fused-ring (bicyclic) bond motifs is 1. The summed E-state index contributed by atoms with van der Waals surface area (Å²) in [6, 6.07) is 0. The van der Waals surface area contributed by atoms with E-state index in [1.54, 1.807) is 17.9 Å². The summed E-state index contributed by atoms with van der Waals surface area (Å²) in [4.78, 5) is 12.9. The van der Waals surface area contributed by atoms with Crippen LogP contribution in [0.1, 0.15) is 13.2 Å². The second kappa shape index (κ2) is 7.95. The van der Waals surface area contributed by atoms with Crippen LogP contribution in [0.2, 0.25) is 0 Å². The molecule has 0 spiro atoms. The molecule has 2 aromatic rings. The van der Waals surface area contributed by atoms with Gasteiger partial charge in [0.2, 0.25) is 0 Å². The molecule has 1 fully saturated rings. The summed E-state index contributed by atoms with van der Waals surface area (Å²) in [7, 11) is 4.52. The third-order valence-electron chi connectivity index (χ3n) is 3.90. The van der Waals surface area contributed by atoms with Crippen molar-refractivity contribution < 1.29 is 19.1 Å². The van der Waals surface area contributed by atoms with Gasteiger partial charge in [0.05, 0.1) is 12.9 Å². The third kappa shape index (κ3) is 3.12. The van der Waals surface area contributed by atoms with Crippen LogP contribution in [0.4, 0.5) is 5.82 Å². The Kier molecular flexibility index (Phi) is 5.92. The summed E-state index contributed by atoms with van der Waals surface area (Å²) in [6.45, 7) is 2.26. The van der Waals surface area contributed by atoms with E-state index in [9.17, 15) is 5.11 Å². The van der Waals surface area contributed by atoms with E-state index in [1.165, 1.54) is 6.33 Å². The molecule has 1 aliphatic heterocycles. The zero-order valence-electron chi connectivity index (χ0n) is 13.4. The molecule has 0 aromatic carbocycles. The Morgan fingerprint density at radius 2 is 2.25 bits per heavy atom. The van der Waals surface area contributed by atoms with Crippen LogP contribution in [-0.2, 0) is 14.0 Å². The summed E-state index contributed by atoms with van der Waals surface area (Å²) < 4.78 is 19.4. The molecule has 0 aliphatic carbocycles. The van der Waals surface area contributed by atoms with Gasteiger partial charge in [0.25, 0.3) is 0 Å². The lowest BCUT2D eigenvalue weighted by molar-refractivity contribution is -0.0584. The molecule has 0 saturated carbocycles. The summed E-state index contributed by atoms with van der Waals surface area (Å²) >= 11 is 0. The van der Waals surface area contributed by atoms with Crippen molar-refractivity contribution >= 4 is 34.4 Å². The van der Waals surface area contributed by atoms with Crippen LogP contribution in [0.25, 0.3) is 11.2 Å². The molecular formula is C13H21N5O4P2. The number of rotatable bonds is 7. The van der Waals surface area contributed by atoms with Crippen LogP contribution < -0.4 is 5.32 Å². The topological polar surface area (TPSA) is 104 Å². The Hall–Kier alpha value is -0.950. The van der Waals surface area contributed by atoms with Crippen LogP contribution in [0.3, 0.4) is 0 Å². The number of hydrogen-bond acceptors (Lipinski definition) is 8. The van der Waals surface area contributed by atoms with Gasteiger partial charge in [0.1, 0.15) is 30.2 Å². The molecule has 0 amide bonds. The largest absolute Gasteiger partial charge is 0.394 e. The maximum absolute atomic E-state index is 9.64. The van der Waals surface area contributed by atoms with E-state index in [0.29, 0.717) is 23.6 Å². The Bertz CT molecular complexity index is 687. The number of aromatic nitrogens is 4. The van der Waals surface area contributed by atoms with Gasteiger partial charge in [-0.1, -0.05) is 8.93 Å². The fraction of sp³-hybridized carbons (Fsp3) is 0.615. The van der Waals surface area contributed by atoms with Crippen molar-refractivity contribution in [3.05, 3.63) is 12.7 Å². The summed E-state index contributed by atoms with van der Waals surface area (Å²) in [5.41, 5.74) is 1.28. The number of ether oxygens (including phenoxy) is 2. The summed E-state index contributed by atoms with van der Waals surface area (Å²) in [5, 5.41) is 12.6. The molecular weight excluding hydrogens is 352 g/mol. The maximum atomic E-state index is 9.64. The molecule has 9 nitrogen and oxygen atoms in total. The highest BCUT2D eigenvalue weighted by Gasteiger charge is 2.47. The molecule has 1 saturated heterocycles. The van der Waals surface area contributed by atoms with Crippen LogP contribution >= 0.6 is 17.4 Å². The highest BCUT2D eigenvalue weighted by molar-refractivity contribution is 8.00. The van der Waals surface area contributed by atoms with Gasteiger partial charge in [0, 0.05) is 22.2 Å². The highest BCUT2D eigenvalue weighted by atomic mass is 32.0.